The Labute approximate surface area is 122 Å². The molecule has 0 radical (unpaired) electrons. The number of carbonyl (C=O) groups is 1. The molecule has 0 bridgehead atoms. The molecule has 0 aliphatic carbocycles. The molecule has 102 valence electrons. The molecular weight excluding hydrogens is 276 g/mol. The molecule has 3 rings (SSSR count). The van der Waals surface area contributed by atoms with Gasteiger partial charge in [0.05, 0.1) is 19.1 Å². The standard InChI is InChI=1S/C16H13ClO3/c1-19-12-5-2-10(3-6-12)16-9-14(18)13-8-11(17)4-7-15(13)20-16/h2-8,16H,9H2,1H3. The number of Topliss-reactive ketones (excluding diaryl/α,β-unsaturated/α-hetero) is 1. The third-order valence-corrected chi connectivity index (χ3v) is 3.60. The van der Waals surface area contributed by atoms with Crippen LogP contribution in [0.25, 0.3) is 0 Å². The summed E-state index contributed by atoms with van der Waals surface area (Å²) in [6.07, 6.45) is 0.0572. The van der Waals surface area contributed by atoms with Crippen molar-refractivity contribution in [2.45, 2.75) is 12.5 Å². The van der Waals surface area contributed by atoms with Gasteiger partial charge in [0.15, 0.2) is 5.78 Å². The molecule has 1 aliphatic rings. The summed E-state index contributed by atoms with van der Waals surface area (Å²) in [5.41, 5.74) is 1.52. The van der Waals surface area contributed by atoms with Gasteiger partial charge in [-0.3, -0.25) is 4.79 Å². The van der Waals surface area contributed by atoms with Crippen LogP contribution in [0.2, 0.25) is 5.02 Å². The fraction of sp³-hybridized carbons (Fsp3) is 0.188. The second-order valence-corrected chi connectivity index (χ2v) is 5.08. The fourth-order valence-electron chi connectivity index (χ4n) is 2.30. The largest absolute Gasteiger partial charge is 0.497 e. The molecule has 0 spiro atoms. The number of benzene rings is 2. The highest BCUT2D eigenvalue weighted by atomic mass is 35.5. The van der Waals surface area contributed by atoms with Crippen LogP contribution in [-0.2, 0) is 0 Å². The SMILES string of the molecule is COc1ccc(C2CC(=O)c3cc(Cl)ccc3O2)cc1. The van der Waals surface area contributed by atoms with Crippen molar-refractivity contribution in [3.05, 3.63) is 58.6 Å². The Hall–Kier alpha value is -2.00. The van der Waals surface area contributed by atoms with Gasteiger partial charge in [-0.15, -0.1) is 0 Å². The molecule has 0 N–H and O–H groups in total. The summed E-state index contributed by atoms with van der Waals surface area (Å²) in [6, 6.07) is 12.7. The summed E-state index contributed by atoms with van der Waals surface area (Å²) < 4.78 is 11.0. The molecular formula is C16H13ClO3. The highest BCUT2D eigenvalue weighted by molar-refractivity contribution is 6.31. The average Bonchev–Trinajstić information content (AvgIpc) is 2.48. The first-order valence-corrected chi connectivity index (χ1v) is 6.68. The predicted octanol–water partition coefficient (Wildman–Crippen LogP) is 4.06. The summed E-state index contributed by atoms with van der Waals surface area (Å²) in [6.45, 7) is 0. The third kappa shape index (κ3) is 2.37. The number of rotatable bonds is 2. The maximum atomic E-state index is 12.2. The zero-order chi connectivity index (χ0) is 14.1. The van der Waals surface area contributed by atoms with Gasteiger partial charge in [0.25, 0.3) is 0 Å². The van der Waals surface area contributed by atoms with Crippen LogP contribution < -0.4 is 9.47 Å². The molecule has 1 atom stereocenters. The average molecular weight is 289 g/mol. The van der Waals surface area contributed by atoms with Crippen LogP contribution >= 0.6 is 11.6 Å². The van der Waals surface area contributed by atoms with E-state index in [2.05, 4.69) is 0 Å². The lowest BCUT2D eigenvalue weighted by Crippen LogP contribution is -2.20. The highest BCUT2D eigenvalue weighted by Gasteiger charge is 2.27. The molecule has 2 aromatic carbocycles. The molecule has 2 aromatic rings. The molecule has 0 saturated heterocycles. The molecule has 1 aliphatic heterocycles. The van der Waals surface area contributed by atoms with Crippen molar-refractivity contribution < 1.29 is 14.3 Å². The monoisotopic (exact) mass is 288 g/mol. The molecule has 0 fully saturated rings. The minimum absolute atomic E-state index is 0.0505. The first-order valence-electron chi connectivity index (χ1n) is 6.31. The summed E-state index contributed by atoms with van der Waals surface area (Å²) in [5, 5.41) is 0.545. The summed E-state index contributed by atoms with van der Waals surface area (Å²) in [4.78, 5) is 12.2. The van der Waals surface area contributed by atoms with Crippen molar-refractivity contribution in [2.24, 2.45) is 0 Å². The Kier molecular flexibility index (Phi) is 3.36. The van der Waals surface area contributed by atoms with E-state index in [-0.39, 0.29) is 11.9 Å². The lowest BCUT2D eigenvalue weighted by molar-refractivity contribution is 0.0850. The molecule has 3 nitrogen and oxygen atoms in total. The smallest absolute Gasteiger partial charge is 0.170 e. The van der Waals surface area contributed by atoms with Gasteiger partial charge in [-0.2, -0.15) is 0 Å². The van der Waals surface area contributed by atoms with Gasteiger partial charge in [0, 0.05) is 5.02 Å². The third-order valence-electron chi connectivity index (χ3n) is 3.37. The number of ether oxygens (including phenoxy) is 2. The van der Waals surface area contributed by atoms with E-state index in [1.165, 1.54) is 0 Å². The summed E-state index contributed by atoms with van der Waals surface area (Å²) in [7, 11) is 1.62. The Morgan fingerprint density at radius 3 is 2.65 bits per heavy atom. The summed E-state index contributed by atoms with van der Waals surface area (Å²) >= 11 is 5.91. The zero-order valence-corrected chi connectivity index (χ0v) is 11.7. The van der Waals surface area contributed by atoms with Gasteiger partial charge >= 0.3 is 0 Å². The van der Waals surface area contributed by atoms with E-state index in [1.54, 1.807) is 25.3 Å². The van der Waals surface area contributed by atoms with Crippen molar-refractivity contribution in [3.8, 4) is 11.5 Å². The number of hydrogen-bond acceptors (Lipinski definition) is 3. The molecule has 1 unspecified atom stereocenters. The maximum Gasteiger partial charge on any atom is 0.170 e. The van der Waals surface area contributed by atoms with Crippen molar-refractivity contribution >= 4 is 17.4 Å². The van der Waals surface area contributed by atoms with Crippen LogP contribution in [0, 0.1) is 0 Å². The Balaban J connectivity index is 1.90. The first kappa shape index (κ1) is 13.0. The van der Waals surface area contributed by atoms with Crippen molar-refractivity contribution in [1.82, 2.24) is 0 Å². The van der Waals surface area contributed by atoms with E-state index in [9.17, 15) is 4.79 Å². The number of hydrogen-bond donors (Lipinski definition) is 0. The lowest BCUT2D eigenvalue weighted by atomic mass is 9.96. The number of ketones is 1. The fourth-order valence-corrected chi connectivity index (χ4v) is 2.47. The van der Waals surface area contributed by atoms with Crippen LogP contribution in [0.3, 0.4) is 0 Å². The van der Waals surface area contributed by atoms with E-state index in [1.807, 2.05) is 24.3 Å². The normalized spacial score (nSPS) is 17.3. The van der Waals surface area contributed by atoms with E-state index in [0.29, 0.717) is 22.8 Å². The van der Waals surface area contributed by atoms with Crippen LogP contribution in [0.1, 0.15) is 28.4 Å². The van der Waals surface area contributed by atoms with E-state index < -0.39 is 0 Å². The topological polar surface area (TPSA) is 35.5 Å². The molecule has 0 aromatic heterocycles. The highest BCUT2D eigenvalue weighted by Crippen LogP contribution is 2.36. The second kappa shape index (κ2) is 5.17. The minimum atomic E-state index is -0.262. The van der Waals surface area contributed by atoms with Gasteiger partial charge in [-0.1, -0.05) is 23.7 Å². The number of methoxy groups -OCH3 is 1. The second-order valence-electron chi connectivity index (χ2n) is 4.65. The van der Waals surface area contributed by atoms with E-state index in [0.717, 1.165) is 11.3 Å². The van der Waals surface area contributed by atoms with Crippen LogP contribution in [0.15, 0.2) is 42.5 Å². The lowest BCUT2D eigenvalue weighted by Gasteiger charge is -2.25. The maximum absolute atomic E-state index is 12.2. The number of fused-ring (bicyclic) bond motifs is 1. The van der Waals surface area contributed by atoms with E-state index in [4.69, 9.17) is 21.1 Å². The first-order chi connectivity index (χ1) is 9.67. The zero-order valence-electron chi connectivity index (χ0n) is 10.9. The number of halogens is 1. The molecule has 4 heteroatoms. The molecule has 0 amide bonds. The quantitative estimate of drug-likeness (QED) is 0.836. The molecule has 1 heterocycles. The van der Waals surface area contributed by atoms with Gasteiger partial charge in [-0.05, 0) is 35.9 Å². The van der Waals surface area contributed by atoms with Gasteiger partial charge in [0.1, 0.15) is 17.6 Å². The number of carbonyl (C=O) groups excluding carboxylic acids is 1. The molecule has 0 saturated carbocycles. The van der Waals surface area contributed by atoms with Crippen molar-refractivity contribution in [1.29, 1.82) is 0 Å². The van der Waals surface area contributed by atoms with Crippen molar-refractivity contribution in [3.63, 3.8) is 0 Å². The van der Waals surface area contributed by atoms with Gasteiger partial charge in [0.2, 0.25) is 0 Å². The summed E-state index contributed by atoms with van der Waals surface area (Å²) in [5.74, 6) is 1.42. The minimum Gasteiger partial charge on any atom is -0.497 e. The Morgan fingerprint density at radius 2 is 1.95 bits per heavy atom. The van der Waals surface area contributed by atoms with Crippen LogP contribution in [0.4, 0.5) is 0 Å². The van der Waals surface area contributed by atoms with E-state index >= 15 is 0 Å². The Bertz CT molecular complexity index is 649. The predicted molar refractivity (Wildman–Crippen MR) is 76.8 cm³/mol. The molecule has 20 heavy (non-hydrogen) atoms. The van der Waals surface area contributed by atoms with Gasteiger partial charge < -0.3 is 9.47 Å². The van der Waals surface area contributed by atoms with Crippen LogP contribution in [0.5, 0.6) is 11.5 Å². The van der Waals surface area contributed by atoms with Crippen LogP contribution in [-0.4, -0.2) is 12.9 Å². The Morgan fingerprint density at radius 1 is 1.20 bits per heavy atom. The van der Waals surface area contributed by atoms with Crippen molar-refractivity contribution in [2.75, 3.05) is 7.11 Å². The van der Waals surface area contributed by atoms with Gasteiger partial charge in [-0.25, -0.2) is 0 Å².